The van der Waals surface area contributed by atoms with Crippen molar-refractivity contribution >= 4 is 17.5 Å². The number of hydrogen-bond donors (Lipinski definition) is 2. The Kier molecular flexibility index (Phi) is 3.79. The molecule has 2 amide bonds. The highest BCUT2D eigenvalue weighted by Crippen LogP contribution is 2.40. The summed E-state index contributed by atoms with van der Waals surface area (Å²) in [4.78, 5) is 23.8. The second-order valence-corrected chi connectivity index (χ2v) is 6.16. The van der Waals surface area contributed by atoms with Crippen LogP contribution < -0.4 is 10.6 Å². The highest BCUT2D eigenvalue weighted by Gasteiger charge is 2.48. The molecule has 2 unspecified atom stereocenters. The molecule has 0 saturated heterocycles. The average Bonchev–Trinajstić information content (AvgIpc) is 3.10. The van der Waals surface area contributed by atoms with Gasteiger partial charge in [0, 0.05) is 5.54 Å². The zero-order chi connectivity index (χ0) is 14.9. The summed E-state index contributed by atoms with van der Waals surface area (Å²) in [6.45, 7) is 5.67. The first kappa shape index (κ1) is 14.5. The third-order valence-electron chi connectivity index (χ3n) is 3.09. The van der Waals surface area contributed by atoms with Gasteiger partial charge in [-0.15, -0.1) is 0 Å². The number of para-hydroxylation sites is 1. The Morgan fingerprint density at radius 3 is 2.35 bits per heavy atom. The fraction of sp³-hybridized carbons (Fsp3) is 0.467. The van der Waals surface area contributed by atoms with Crippen LogP contribution in [0.15, 0.2) is 24.3 Å². The van der Waals surface area contributed by atoms with E-state index >= 15 is 0 Å². The van der Waals surface area contributed by atoms with Crippen molar-refractivity contribution in [3.05, 3.63) is 30.1 Å². The number of amides is 2. The van der Waals surface area contributed by atoms with E-state index in [1.165, 1.54) is 12.1 Å². The van der Waals surface area contributed by atoms with Gasteiger partial charge in [0.25, 0.3) is 0 Å². The van der Waals surface area contributed by atoms with Crippen LogP contribution >= 0.6 is 0 Å². The molecule has 108 valence electrons. The number of hydrogen-bond acceptors (Lipinski definition) is 2. The first-order chi connectivity index (χ1) is 9.28. The summed E-state index contributed by atoms with van der Waals surface area (Å²) in [6, 6.07) is 5.99. The minimum atomic E-state index is -0.475. The number of rotatable bonds is 3. The molecule has 2 N–H and O–H groups in total. The van der Waals surface area contributed by atoms with E-state index in [2.05, 4.69) is 10.6 Å². The third-order valence-corrected chi connectivity index (χ3v) is 3.09. The Bertz CT molecular complexity index is 537. The molecule has 2 rings (SSSR count). The minimum Gasteiger partial charge on any atom is -0.351 e. The van der Waals surface area contributed by atoms with Crippen molar-refractivity contribution < 1.29 is 14.0 Å². The molecule has 5 heteroatoms. The summed E-state index contributed by atoms with van der Waals surface area (Å²) < 4.78 is 13.4. The van der Waals surface area contributed by atoms with Crippen molar-refractivity contribution in [1.82, 2.24) is 5.32 Å². The van der Waals surface area contributed by atoms with E-state index < -0.39 is 5.82 Å². The Labute approximate surface area is 117 Å². The number of carbonyl (C=O) groups is 2. The molecule has 1 fully saturated rings. The highest BCUT2D eigenvalue weighted by molar-refractivity contribution is 5.99. The maximum atomic E-state index is 13.4. The van der Waals surface area contributed by atoms with Crippen molar-refractivity contribution in [2.75, 3.05) is 5.32 Å². The van der Waals surface area contributed by atoms with Crippen LogP contribution in [0.4, 0.5) is 10.1 Å². The van der Waals surface area contributed by atoms with Gasteiger partial charge in [0.2, 0.25) is 11.8 Å². The van der Waals surface area contributed by atoms with Crippen LogP contribution in [0.25, 0.3) is 0 Å². The van der Waals surface area contributed by atoms with Crippen LogP contribution in [0.2, 0.25) is 0 Å². The molecular weight excluding hydrogens is 259 g/mol. The van der Waals surface area contributed by atoms with E-state index in [1.54, 1.807) is 12.1 Å². The number of nitrogens with one attached hydrogen (secondary N) is 2. The minimum absolute atomic E-state index is 0.119. The Balaban J connectivity index is 1.91. The van der Waals surface area contributed by atoms with Crippen molar-refractivity contribution in [2.45, 2.75) is 32.7 Å². The maximum absolute atomic E-state index is 13.4. The number of carbonyl (C=O) groups excluding carboxylic acids is 2. The van der Waals surface area contributed by atoms with Crippen molar-refractivity contribution in [2.24, 2.45) is 11.8 Å². The van der Waals surface area contributed by atoms with Crippen LogP contribution in [0.1, 0.15) is 27.2 Å². The third kappa shape index (κ3) is 3.56. The van der Waals surface area contributed by atoms with Crippen LogP contribution in [0.3, 0.4) is 0 Å². The van der Waals surface area contributed by atoms with Gasteiger partial charge < -0.3 is 10.6 Å². The van der Waals surface area contributed by atoms with E-state index in [4.69, 9.17) is 0 Å². The van der Waals surface area contributed by atoms with Crippen LogP contribution in [-0.2, 0) is 9.59 Å². The molecule has 0 heterocycles. The van der Waals surface area contributed by atoms with Crippen molar-refractivity contribution in [1.29, 1.82) is 0 Å². The van der Waals surface area contributed by atoms with Crippen LogP contribution in [0.5, 0.6) is 0 Å². The van der Waals surface area contributed by atoms with Gasteiger partial charge in [-0.05, 0) is 39.3 Å². The summed E-state index contributed by atoms with van der Waals surface area (Å²) in [7, 11) is 0. The molecular formula is C15H19FN2O2. The standard InChI is InChI=1S/C15H19FN2O2/c1-15(2,3)18-14(20)10-8-9(10)13(19)17-12-7-5-4-6-11(12)16/h4-7,9-10H,8H2,1-3H3,(H,17,19)(H,18,20). The van der Waals surface area contributed by atoms with Gasteiger partial charge in [-0.25, -0.2) is 4.39 Å². The fourth-order valence-electron chi connectivity index (χ4n) is 2.02. The molecule has 1 aromatic carbocycles. The maximum Gasteiger partial charge on any atom is 0.228 e. The second kappa shape index (κ2) is 5.23. The van der Waals surface area contributed by atoms with Gasteiger partial charge in [-0.2, -0.15) is 0 Å². The molecule has 1 aromatic rings. The highest BCUT2D eigenvalue weighted by atomic mass is 19.1. The molecule has 1 saturated carbocycles. The Morgan fingerprint density at radius 1 is 1.15 bits per heavy atom. The van der Waals surface area contributed by atoms with Crippen molar-refractivity contribution in [3.63, 3.8) is 0 Å². The normalized spacial score (nSPS) is 21.2. The summed E-state index contributed by atoms with van der Waals surface area (Å²) in [5, 5.41) is 5.37. The second-order valence-electron chi connectivity index (χ2n) is 6.16. The first-order valence-electron chi connectivity index (χ1n) is 6.65. The SMILES string of the molecule is CC(C)(C)NC(=O)C1CC1C(=O)Nc1ccccc1F. The average molecular weight is 278 g/mol. The van der Waals surface area contributed by atoms with Crippen LogP contribution in [0, 0.1) is 17.7 Å². The molecule has 0 bridgehead atoms. The Hall–Kier alpha value is -1.91. The van der Waals surface area contributed by atoms with Gasteiger partial charge in [-0.1, -0.05) is 12.1 Å². The smallest absolute Gasteiger partial charge is 0.228 e. The molecule has 1 aliphatic rings. The molecule has 0 spiro atoms. The molecule has 2 atom stereocenters. The molecule has 4 nitrogen and oxygen atoms in total. The molecule has 20 heavy (non-hydrogen) atoms. The van der Waals surface area contributed by atoms with Gasteiger partial charge in [-0.3, -0.25) is 9.59 Å². The lowest BCUT2D eigenvalue weighted by Gasteiger charge is -2.20. The van der Waals surface area contributed by atoms with E-state index in [-0.39, 0.29) is 34.9 Å². The first-order valence-corrected chi connectivity index (χ1v) is 6.65. The predicted octanol–water partition coefficient (Wildman–Crippen LogP) is 2.32. The zero-order valence-electron chi connectivity index (χ0n) is 11.9. The summed E-state index contributed by atoms with van der Waals surface area (Å²) in [6.07, 6.45) is 0.516. The fourth-order valence-corrected chi connectivity index (χ4v) is 2.02. The number of halogens is 1. The Morgan fingerprint density at radius 2 is 1.75 bits per heavy atom. The number of benzene rings is 1. The lowest BCUT2D eigenvalue weighted by Crippen LogP contribution is -2.42. The number of anilines is 1. The molecule has 0 radical (unpaired) electrons. The zero-order valence-corrected chi connectivity index (χ0v) is 11.9. The van der Waals surface area contributed by atoms with Gasteiger partial charge in [0.1, 0.15) is 5.82 Å². The quantitative estimate of drug-likeness (QED) is 0.891. The van der Waals surface area contributed by atoms with Gasteiger partial charge in [0.15, 0.2) is 0 Å². The van der Waals surface area contributed by atoms with E-state index in [1.807, 2.05) is 20.8 Å². The summed E-state index contributed by atoms with van der Waals surface area (Å²) in [5.74, 6) is -1.56. The molecule has 1 aliphatic carbocycles. The topological polar surface area (TPSA) is 58.2 Å². The monoisotopic (exact) mass is 278 g/mol. The summed E-state index contributed by atoms with van der Waals surface area (Å²) in [5.41, 5.74) is -0.161. The van der Waals surface area contributed by atoms with Gasteiger partial charge >= 0.3 is 0 Å². The molecule has 0 aliphatic heterocycles. The summed E-state index contributed by atoms with van der Waals surface area (Å²) >= 11 is 0. The van der Waals surface area contributed by atoms with Crippen LogP contribution in [-0.4, -0.2) is 17.4 Å². The lowest BCUT2D eigenvalue weighted by atomic mass is 10.1. The lowest BCUT2D eigenvalue weighted by molar-refractivity contribution is -0.126. The van der Waals surface area contributed by atoms with E-state index in [0.717, 1.165) is 0 Å². The molecule has 0 aromatic heterocycles. The van der Waals surface area contributed by atoms with E-state index in [9.17, 15) is 14.0 Å². The van der Waals surface area contributed by atoms with Crippen molar-refractivity contribution in [3.8, 4) is 0 Å². The predicted molar refractivity (Wildman–Crippen MR) is 74.5 cm³/mol. The largest absolute Gasteiger partial charge is 0.351 e. The van der Waals surface area contributed by atoms with E-state index in [0.29, 0.717) is 6.42 Å². The van der Waals surface area contributed by atoms with Gasteiger partial charge in [0.05, 0.1) is 17.5 Å².